The second-order valence-electron chi connectivity index (χ2n) is 5.63. The van der Waals surface area contributed by atoms with Gasteiger partial charge in [-0.15, -0.1) is 0 Å². The molecule has 1 fully saturated rings. The molecule has 1 amide bonds. The van der Waals surface area contributed by atoms with Crippen LogP contribution < -0.4 is 5.73 Å². The molecule has 1 atom stereocenters. The molecular weight excluding hydrogens is 240 g/mol. The van der Waals surface area contributed by atoms with Gasteiger partial charge in [-0.1, -0.05) is 13.0 Å². The van der Waals surface area contributed by atoms with E-state index in [1.807, 2.05) is 23.1 Å². The number of nitrogens with one attached hydrogen (secondary N) is 1. The zero-order valence-corrected chi connectivity index (χ0v) is 11.0. The van der Waals surface area contributed by atoms with Crippen LogP contribution in [-0.4, -0.2) is 40.6 Å². The van der Waals surface area contributed by atoms with E-state index in [1.54, 1.807) is 6.20 Å². The number of carbonyl (C=O) groups is 1. The van der Waals surface area contributed by atoms with E-state index >= 15 is 0 Å². The van der Waals surface area contributed by atoms with Gasteiger partial charge in [-0.25, -0.2) is 0 Å². The normalized spacial score (nSPS) is 23.2. The molecule has 1 aliphatic rings. The highest BCUT2D eigenvalue weighted by Gasteiger charge is 2.35. The van der Waals surface area contributed by atoms with Crippen molar-refractivity contribution in [1.82, 2.24) is 15.1 Å². The SMILES string of the molecule is CC1(CN)CCN(C(=O)c2cccc3[nH]ncc23)C1. The Labute approximate surface area is 111 Å². The fourth-order valence-electron chi connectivity index (χ4n) is 2.69. The van der Waals surface area contributed by atoms with Gasteiger partial charge in [-0.2, -0.15) is 5.10 Å². The number of rotatable bonds is 2. The van der Waals surface area contributed by atoms with Gasteiger partial charge < -0.3 is 10.6 Å². The smallest absolute Gasteiger partial charge is 0.254 e. The molecule has 1 unspecified atom stereocenters. The van der Waals surface area contributed by atoms with Crippen LogP contribution >= 0.6 is 0 Å². The number of fused-ring (bicyclic) bond motifs is 1. The summed E-state index contributed by atoms with van der Waals surface area (Å²) in [5.41, 5.74) is 7.46. The summed E-state index contributed by atoms with van der Waals surface area (Å²) in [4.78, 5) is 14.5. The Morgan fingerprint density at radius 1 is 1.58 bits per heavy atom. The number of hydrogen-bond donors (Lipinski definition) is 2. The Kier molecular flexibility index (Phi) is 2.78. The molecule has 0 aliphatic carbocycles. The van der Waals surface area contributed by atoms with Crippen molar-refractivity contribution in [1.29, 1.82) is 0 Å². The van der Waals surface area contributed by atoms with Crippen molar-refractivity contribution >= 4 is 16.8 Å². The number of amides is 1. The van der Waals surface area contributed by atoms with Crippen molar-refractivity contribution in [3.63, 3.8) is 0 Å². The fourth-order valence-corrected chi connectivity index (χ4v) is 2.69. The summed E-state index contributed by atoms with van der Waals surface area (Å²) in [7, 11) is 0. The molecule has 5 heteroatoms. The van der Waals surface area contributed by atoms with Gasteiger partial charge in [-0.3, -0.25) is 9.89 Å². The van der Waals surface area contributed by atoms with Gasteiger partial charge in [0.15, 0.2) is 0 Å². The average Bonchev–Trinajstić information content (AvgIpc) is 3.04. The number of carbonyl (C=O) groups excluding carboxylic acids is 1. The topological polar surface area (TPSA) is 75.0 Å². The Morgan fingerprint density at radius 2 is 2.42 bits per heavy atom. The Morgan fingerprint density at radius 3 is 3.16 bits per heavy atom. The molecule has 100 valence electrons. The number of benzene rings is 1. The number of nitrogens with two attached hydrogens (primary N) is 1. The minimum Gasteiger partial charge on any atom is -0.338 e. The molecule has 1 aromatic heterocycles. The monoisotopic (exact) mass is 258 g/mol. The summed E-state index contributed by atoms with van der Waals surface area (Å²) < 4.78 is 0. The molecule has 2 heterocycles. The van der Waals surface area contributed by atoms with E-state index in [9.17, 15) is 4.79 Å². The van der Waals surface area contributed by atoms with Gasteiger partial charge in [-0.05, 0) is 30.5 Å². The molecule has 1 aliphatic heterocycles. The van der Waals surface area contributed by atoms with Crippen LogP contribution in [0.2, 0.25) is 0 Å². The predicted molar refractivity (Wildman–Crippen MR) is 73.8 cm³/mol. The van der Waals surface area contributed by atoms with Crippen LogP contribution in [-0.2, 0) is 0 Å². The van der Waals surface area contributed by atoms with Crippen LogP contribution in [0.15, 0.2) is 24.4 Å². The summed E-state index contributed by atoms with van der Waals surface area (Å²) in [6.07, 6.45) is 2.68. The lowest BCUT2D eigenvalue weighted by Crippen LogP contribution is -2.34. The molecule has 5 nitrogen and oxygen atoms in total. The Bertz CT molecular complexity index is 621. The van der Waals surface area contributed by atoms with Gasteiger partial charge in [0.1, 0.15) is 0 Å². The molecule has 0 saturated carbocycles. The van der Waals surface area contributed by atoms with Gasteiger partial charge in [0.05, 0.1) is 17.3 Å². The van der Waals surface area contributed by atoms with Gasteiger partial charge in [0, 0.05) is 18.5 Å². The van der Waals surface area contributed by atoms with Crippen LogP contribution in [0.25, 0.3) is 10.9 Å². The molecule has 3 N–H and O–H groups in total. The minimum absolute atomic E-state index is 0.0555. The quantitative estimate of drug-likeness (QED) is 0.854. The second-order valence-corrected chi connectivity index (χ2v) is 5.63. The van der Waals surface area contributed by atoms with Gasteiger partial charge >= 0.3 is 0 Å². The van der Waals surface area contributed by atoms with Crippen LogP contribution in [0, 0.1) is 5.41 Å². The molecule has 0 bridgehead atoms. The third-order valence-corrected chi connectivity index (χ3v) is 4.05. The van der Waals surface area contributed by atoms with E-state index in [2.05, 4.69) is 17.1 Å². The third-order valence-electron chi connectivity index (χ3n) is 4.05. The molecule has 1 aromatic carbocycles. The largest absolute Gasteiger partial charge is 0.338 e. The Balaban J connectivity index is 1.91. The van der Waals surface area contributed by atoms with Crippen LogP contribution in [0.1, 0.15) is 23.7 Å². The van der Waals surface area contributed by atoms with Crippen molar-refractivity contribution in [2.24, 2.45) is 11.1 Å². The Hall–Kier alpha value is -1.88. The number of aromatic nitrogens is 2. The van der Waals surface area contributed by atoms with Crippen molar-refractivity contribution in [3.05, 3.63) is 30.0 Å². The van der Waals surface area contributed by atoms with Gasteiger partial charge in [0.2, 0.25) is 0 Å². The van der Waals surface area contributed by atoms with Crippen molar-refractivity contribution in [2.45, 2.75) is 13.3 Å². The van der Waals surface area contributed by atoms with E-state index < -0.39 is 0 Å². The fraction of sp³-hybridized carbons (Fsp3) is 0.429. The van der Waals surface area contributed by atoms with Crippen molar-refractivity contribution in [2.75, 3.05) is 19.6 Å². The molecule has 2 aromatic rings. The number of hydrogen-bond acceptors (Lipinski definition) is 3. The highest BCUT2D eigenvalue weighted by Crippen LogP contribution is 2.30. The predicted octanol–water partition coefficient (Wildman–Crippen LogP) is 1.37. The maximum Gasteiger partial charge on any atom is 0.254 e. The molecule has 1 saturated heterocycles. The molecule has 19 heavy (non-hydrogen) atoms. The van der Waals surface area contributed by atoms with Crippen molar-refractivity contribution < 1.29 is 4.79 Å². The lowest BCUT2D eigenvalue weighted by molar-refractivity contribution is 0.0779. The van der Waals surface area contributed by atoms with E-state index in [-0.39, 0.29) is 11.3 Å². The highest BCUT2D eigenvalue weighted by atomic mass is 16.2. The maximum absolute atomic E-state index is 12.6. The summed E-state index contributed by atoms with van der Waals surface area (Å²) in [6.45, 7) is 4.27. The average molecular weight is 258 g/mol. The summed E-state index contributed by atoms with van der Waals surface area (Å²) in [5.74, 6) is 0.0733. The first-order valence-electron chi connectivity index (χ1n) is 6.54. The van der Waals surface area contributed by atoms with E-state index in [0.717, 1.165) is 30.4 Å². The summed E-state index contributed by atoms with van der Waals surface area (Å²) in [5, 5.41) is 7.78. The van der Waals surface area contributed by atoms with E-state index in [0.29, 0.717) is 12.1 Å². The third kappa shape index (κ3) is 2.00. The first-order valence-corrected chi connectivity index (χ1v) is 6.54. The number of likely N-dealkylation sites (tertiary alicyclic amines) is 1. The molecule has 3 rings (SSSR count). The van der Waals surface area contributed by atoms with Crippen LogP contribution in [0.3, 0.4) is 0 Å². The van der Waals surface area contributed by atoms with Gasteiger partial charge in [0.25, 0.3) is 5.91 Å². The summed E-state index contributed by atoms with van der Waals surface area (Å²) >= 11 is 0. The lowest BCUT2D eigenvalue weighted by Gasteiger charge is -2.22. The lowest BCUT2D eigenvalue weighted by atomic mass is 9.90. The minimum atomic E-state index is 0.0555. The first kappa shape index (κ1) is 12.2. The highest BCUT2D eigenvalue weighted by molar-refractivity contribution is 6.06. The standard InChI is InChI=1S/C14H18N4O/c1-14(8-15)5-6-18(9-14)13(19)10-3-2-4-12-11(10)7-16-17-12/h2-4,7H,5-6,8-9,15H2,1H3,(H,16,17). The van der Waals surface area contributed by atoms with Crippen molar-refractivity contribution in [3.8, 4) is 0 Å². The van der Waals surface area contributed by atoms with Crippen LogP contribution in [0.5, 0.6) is 0 Å². The zero-order chi connectivity index (χ0) is 13.5. The van der Waals surface area contributed by atoms with E-state index in [4.69, 9.17) is 5.73 Å². The first-order chi connectivity index (χ1) is 9.13. The number of H-pyrrole nitrogens is 1. The molecule has 0 spiro atoms. The van der Waals surface area contributed by atoms with Crippen LogP contribution in [0.4, 0.5) is 0 Å². The molecule has 0 radical (unpaired) electrons. The molecular formula is C14H18N4O. The second kappa shape index (κ2) is 4.35. The maximum atomic E-state index is 12.6. The summed E-state index contributed by atoms with van der Waals surface area (Å²) in [6, 6.07) is 5.66. The number of aromatic amines is 1. The van der Waals surface area contributed by atoms with E-state index in [1.165, 1.54) is 0 Å². The number of nitrogens with zero attached hydrogens (tertiary/aromatic N) is 2. The zero-order valence-electron chi connectivity index (χ0n) is 11.0.